The van der Waals surface area contributed by atoms with Gasteiger partial charge in [-0.25, -0.2) is 4.79 Å². The van der Waals surface area contributed by atoms with E-state index in [0.717, 1.165) is 36.4 Å². The van der Waals surface area contributed by atoms with Crippen molar-refractivity contribution in [2.24, 2.45) is 40.9 Å². The first-order valence-corrected chi connectivity index (χ1v) is 31.3. The number of ether oxygens (including phenoxy) is 1. The summed E-state index contributed by atoms with van der Waals surface area (Å²) >= 11 is 0. The van der Waals surface area contributed by atoms with Crippen LogP contribution in [0.3, 0.4) is 0 Å². The van der Waals surface area contributed by atoms with Crippen LogP contribution in [0.15, 0.2) is 155 Å². The lowest BCUT2D eigenvalue weighted by molar-refractivity contribution is -0.385. The zero-order valence-corrected chi connectivity index (χ0v) is 47.9. The molecule has 0 saturated carbocycles. The zero-order valence-electron chi connectivity index (χ0n) is 43.0. The van der Waals surface area contributed by atoms with Gasteiger partial charge < -0.3 is 30.9 Å². The number of aromatic carboxylic acids is 1. The van der Waals surface area contributed by atoms with Gasteiger partial charge in [0.25, 0.3) is 66.4 Å². The number of azo groups is 4. The highest BCUT2D eigenvalue weighted by atomic mass is 32.2. The molecule has 1 heterocycles. The van der Waals surface area contributed by atoms with Gasteiger partial charge in [0, 0.05) is 34.4 Å². The summed E-state index contributed by atoms with van der Waals surface area (Å²) in [5, 5.41) is 93.8. The molecule has 0 spiro atoms. The topological polar surface area (TPSA) is 643 Å². The third-order valence-electron chi connectivity index (χ3n) is 11.9. The third kappa shape index (κ3) is 12.8. The van der Waals surface area contributed by atoms with Crippen molar-refractivity contribution in [3.8, 4) is 34.9 Å². The number of methoxy groups -OCH3 is 1. The number of nitro benzene ring substituents is 1. The average molecular weight is 1350 g/mol. The molecule has 462 valence electrons. The highest BCUT2D eigenvalue weighted by Crippen LogP contribution is 2.50. The Balaban J connectivity index is 1.22. The number of hydrogen-bond donors (Lipinski definition) is 11. The number of nitrogen functional groups attached to an aromatic ring is 1. The maximum atomic E-state index is 13.1. The number of aromatic hydroxyl groups is 3. The number of nitrogens with zero attached hydrogens (tertiary/aromatic N) is 12. The summed E-state index contributed by atoms with van der Waals surface area (Å²) in [4.78, 5) is 14.6. The summed E-state index contributed by atoms with van der Waals surface area (Å²) in [7, 11) is -32.1. The Morgan fingerprint density at radius 3 is 1.66 bits per heavy atom. The van der Waals surface area contributed by atoms with E-state index in [0.29, 0.717) is 41.1 Å². The fourth-order valence-electron chi connectivity index (χ4n) is 8.04. The van der Waals surface area contributed by atoms with Crippen LogP contribution in [-0.4, -0.2) is 126 Å². The van der Waals surface area contributed by atoms with Crippen molar-refractivity contribution in [2.45, 2.75) is 29.4 Å². The van der Waals surface area contributed by atoms with E-state index in [1.807, 2.05) is 0 Å². The number of carboxylic acid groups (broad SMARTS) is 1. The number of hydrogen-bond acceptors (Lipinski definition) is 30. The first kappa shape index (κ1) is 64.5. The van der Waals surface area contributed by atoms with E-state index < -0.39 is 214 Å². The monoisotopic (exact) mass is 1350 g/mol. The zero-order chi connectivity index (χ0) is 66.0. The minimum absolute atomic E-state index is 0.0630. The second-order valence-electron chi connectivity index (χ2n) is 17.3. The Hall–Kier alpha value is -10.5. The van der Waals surface area contributed by atoms with Crippen molar-refractivity contribution in [2.75, 3.05) is 12.8 Å². The smallest absolute Gasteiger partial charge is 0.338 e. The molecular formula is C44H29N13O26S6. The van der Waals surface area contributed by atoms with E-state index in [-0.39, 0.29) is 11.8 Å². The molecule has 0 atom stereocenters. The first-order valence-electron chi connectivity index (χ1n) is 22.7. The SMILES string of the molecule is COc1ccc(-n2nc(C#N)c(/N=N/c3ccc(/N=N\c4c(S(=O)(=O)O)cc5c(S(=O)(=O)O)c(N=Nc6cc(S(=O)(=O)O)c7cc(S(=O)(=O)O)c(/N=N\c8ccc([N+](=O)[O-])cc8S(=O)(=O)O)c(O)c7c6N)ccc5c4O)cc3C(=O)O)c2O)c(S(=O)(=O)O)c1. The maximum Gasteiger partial charge on any atom is 0.338 e. The largest absolute Gasteiger partial charge is 0.505 e. The molecule has 0 radical (unpaired) electrons. The van der Waals surface area contributed by atoms with Gasteiger partial charge >= 0.3 is 5.97 Å². The van der Waals surface area contributed by atoms with Crippen LogP contribution < -0.4 is 10.5 Å². The first-order chi connectivity index (χ1) is 41.2. The molecule has 8 aromatic rings. The number of nitrogens with two attached hydrogens (primary N) is 1. The molecule has 8 rings (SSSR count). The van der Waals surface area contributed by atoms with E-state index in [4.69, 9.17) is 10.5 Å². The number of fused-ring (bicyclic) bond motifs is 2. The lowest BCUT2D eigenvalue weighted by Gasteiger charge is -2.15. The number of nitriles is 1. The molecular weight excluding hydrogens is 1320 g/mol. The van der Waals surface area contributed by atoms with E-state index in [1.165, 1.54) is 13.2 Å². The number of phenolic OH excluding ortho intramolecular Hbond substituents is 2. The number of anilines is 1. The minimum atomic E-state index is -5.77. The van der Waals surface area contributed by atoms with Gasteiger partial charge in [-0.1, -0.05) is 0 Å². The second kappa shape index (κ2) is 23.0. The highest BCUT2D eigenvalue weighted by Gasteiger charge is 2.32. The van der Waals surface area contributed by atoms with E-state index in [2.05, 4.69) is 46.0 Å². The van der Waals surface area contributed by atoms with E-state index in [9.17, 15) is 118 Å². The second-order valence-corrected chi connectivity index (χ2v) is 25.6. The molecule has 0 aliphatic carbocycles. The van der Waals surface area contributed by atoms with Crippen molar-refractivity contribution >= 4 is 145 Å². The number of non-ortho nitro benzene ring substituents is 1. The standard InChI is InChI=1S/C44H29N13O26S6/c1-83-19-4-9-29(32(12-19)86(71,72)73)56-43(60)37(28(16-45)55-56)52-48-24-6-2-17(10-22(24)44(61)62)47-53-38-33(87(74,75)76)13-21-20(40(38)58)5-8-26(42(21)89(80,81)82)50-51-27-15-30(84(65,66)67)23-14-34(88(77,78)79)39(41(59)35(23)36(27)46)54-49-25-7-3-18(57(63)64)11-31(25)85(68,69)70/h2-15,58-60H,46H2,1H3,(H,61,62)(H,65,66,67)(H,68,69,70)(H,71,72,73)(H,74,75,76)(H,77,78,79)(H,80,81,82)/b51-50?,52-48+,53-47-,54-49-. The van der Waals surface area contributed by atoms with Gasteiger partial charge in [0.05, 0.1) is 40.0 Å². The van der Waals surface area contributed by atoms with Crippen LogP contribution in [0.2, 0.25) is 0 Å². The number of rotatable bonds is 18. The fraction of sp³-hybridized carbons (Fsp3) is 0.0227. The normalized spacial score (nSPS) is 12.9. The van der Waals surface area contributed by atoms with Crippen molar-refractivity contribution in [1.29, 1.82) is 5.26 Å². The van der Waals surface area contributed by atoms with Crippen LogP contribution in [0, 0.1) is 21.4 Å². The van der Waals surface area contributed by atoms with E-state index >= 15 is 0 Å². The summed E-state index contributed by atoms with van der Waals surface area (Å²) < 4.78 is 218. The summed E-state index contributed by atoms with van der Waals surface area (Å²) in [6, 6.07) is 11.0. The Labute approximate surface area is 494 Å². The summed E-state index contributed by atoms with van der Waals surface area (Å²) in [6.45, 7) is 0. The van der Waals surface area contributed by atoms with E-state index in [1.54, 1.807) is 6.07 Å². The molecule has 39 nitrogen and oxygen atoms in total. The Morgan fingerprint density at radius 2 is 1.10 bits per heavy atom. The molecule has 1 aromatic heterocycles. The average Bonchev–Trinajstić information content (AvgIpc) is 1.26. The molecule has 12 N–H and O–H groups in total. The lowest BCUT2D eigenvalue weighted by Crippen LogP contribution is -2.07. The Bertz CT molecular complexity index is 5380. The quantitative estimate of drug-likeness (QED) is 0.0130. The van der Waals surface area contributed by atoms with Crippen LogP contribution in [0.1, 0.15) is 16.1 Å². The van der Waals surface area contributed by atoms with Crippen LogP contribution in [0.5, 0.6) is 23.1 Å². The molecule has 89 heavy (non-hydrogen) atoms. The number of phenols is 2. The van der Waals surface area contributed by atoms with Crippen molar-refractivity contribution in [1.82, 2.24) is 9.78 Å². The lowest BCUT2D eigenvalue weighted by atomic mass is 10.0. The van der Waals surface area contributed by atoms with Gasteiger partial charge in [0.15, 0.2) is 22.9 Å². The molecule has 0 amide bonds. The summed E-state index contributed by atoms with van der Waals surface area (Å²) in [5.74, 6) is -5.79. The van der Waals surface area contributed by atoms with Crippen LogP contribution in [0.4, 0.5) is 56.9 Å². The molecule has 0 unspecified atom stereocenters. The highest BCUT2D eigenvalue weighted by molar-refractivity contribution is 7.87. The van der Waals surface area contributed by atoms with Crippen molar-refractivity contribution in [3.05, 3.63) is 106 Å². The molecule has 45 heteroatoms. The predicted octanol–water partition coefficient (Wildman–Crippen LogP) is 7.51. The molecule has 0 aliphatic heterocycles. The molecule has 0 bridgehead atoms. The van der Waals surface area contributed by atoms with Gasteiger partial charge in [-0.15, -0.1) is 35.8 Å². The van der Waals surface area contributed by atoms with Crippen molar-refractivity contribution in [3.63, 3.8) is 0 Å². The van der Waals surface area contributed by atoms with Gasteiger partial charge in [-0.05, 0) is 66.7 Å². The van der Waals surface area contributed by atoms with Crippen LogP contribution in [0.25, 0.3) is 27.2 Å². The number of carboxylic acids is 1. The maximum absolute atomic E-state index is 13.1. The number of aromatic nitrogens is 2. The van der Waals surface area contributed by atoms with Gasteiger partial charge in [0.1, 0.15) is 75.3 Å². The Morgan fingerprint density at radius 1 is 0.573 bits per heavy atom. The van der Waals surface area contributed by atoms with Gasteiger partial charge in [-0.3, -0.25) is 37.4 Å². The van der Waals surface area contributed by atoms with Crippen LogP contribution >= 0.6 is 0 Å². The van der Waals surface area contributed by atoms with Crippen molar-refractivity contribution < 1.29 is 113 Å². The van der Waals surface area contributed by atoms with Gasteiger partial charge in [0.2, 0.25) is 5.88 Å². The number of carbonyl (C=O) groups is 1. The Kier molecular flexibility index (Phi) is 16.6. The molecule has 0 aliphatic rings. The number of benzene rings is 7. The van der Waals surface area contributed by atoms with Gasteiger partial charge in [-0.2, -0.15) is 70.7 Å². The third-order valence-corrected chi connectivity index (χ3v) is 17.2. The molecule has 0 saturated heterocycles. The molecule has 7 aromatic carbocycles. The fourth-order valence-corrected chi connectivity index (χ4v) is 12.2. The summed E-state index contributed by atoms with van der Waals surface area (Å²) in [5.41, 5.74) is -5.15. The molecule has 0 fully saturated rings. The summed E-state index contributed by atoms with van der Waals surface area (Å²) in [6.07, 6.45) is 0. The predicted molar refractivity (Wildman–Crippen MR) is 294 cm³/mol. The minimum Gasteiger partial charge on any atom is -0.505 e. The van der Waals surface area contributed by atoms with Crippen LogP contribution in [-0.2, 0) is 60.7 Å². The number of nitro groups is 1.